The van der Waals surface area contributed by atoms with E-state index in [-0.39, 0.29) is 19.4 Å². The summed E-state index contributed by atoms with van der Waals surface area (Å²) in [4.78, 5) is 64.6. The minimum absolute atomic E-state index is 0.0601. The number of rotatable bonds is 42. The van der Waals surface area contributed by atoms with Crippen LogP contribution in [-0.2, 0) is 37.4 Å². The van der Waals surface area contributed by atoms with Gasteiger partial charge in [-0.25, -0.2) is 9.36 Å². The van der Waals surface area contributed by atoms with Crippen molar-refractivity contribution in [1.82, 2.24) is 9.55 Å². The number of aromatic nitrogens is 2. The number of ether oxygens (including phenoxy) is 3. The Morgan fingerprint density at radius 1 is 0.631 bits per heavy atom. The molecule has 2 rings (SSSR count). The van der Waals surface area contributed by atoms with Crippen LogP contribution in [0, 0.1) is 0 Å². The van der Waals surface area contributed by atoms with Gasteiger partial charge in [0.25, 0.3) is 5.56 Å². The van der Waals surface area contributed by atoms with Gasteiger partial charge in [0.15, 0.2) is 18.4 Å². The Labute approximate surface area is 392 Å². The monoisotopic (exact) mass is 943 g/mol. The zero-order valence-corrected chi connectivity index (χ0v) is 42.5. The molecule has 5 atom stereocenters. The molecule has 1 unspecified atom stereocenters. The Kier molecular flexibility index (Phi) is 32.3. The van der Waals surface area contributed by atoms with Crippen LogP contribution in [0.2, 0.25) is 0 Å². The standard InChI is InChI=1S/C50H92N3O11P/c1-6-8-10-12-14-16-18-20-22-24-26-28-30-32-34-36-45(55)63-47-43(42-61-65(58,59)60-41-40-53(3,4)5)62-49(52-39-38-44(54)51-50(52)57)48(47)64-46(56)37-35-33-31-29-27-25-23-21-19-17-15-13-11-9-7-2/h38-39,43,47-49H,6-37,40-42H2,1-5H3,(H-,51,54,57,58,59)/p+1/t43-,47-,48-,49-/m1/s1. The molecule has 1 aromatic rings. The molecule has 2 heterocycles. The molecule has 65 heavy (non-hydrogen) atoms. The first-order chi connectivity index (χ1) is 31.3. The number of nitrogens with zero attached hydrogens (tertiary/aromatic N) is 2. The first kappa shape index (κ1) is 58.8. The average molecular weight is 943 g/mol. The van der Waals surface area contributed by atoms with Crippen LogP contribution in [0.5, 0.6) is 0 Å². The Morgan fingerprint density at radius 2 is 1.02 bits per heavy atom. The zero-order chi connectivity index (χ0) is 47.6. The number of nitrogens with one attached hydrogen (secondary N) is 1. The summed E-state index contributed by atoms with van der Waals surface area (Å²) in [5, 5.41) is 0. The summed E-state index contributed by atoms with van der Waals surface area (Å²) >= 11 is 0. The number of H-pyrrole nitrogens is 1. The Morgan fingerprint density at radius 3 is 1.40 bits per heavy atom. The van der Waals surface area contributed by atoms with Crippen molar-refractivity contribution in [2.75, 3.05) is 40.9 Å². The van der Waals surface area contributed by atoms with E-state index in [1.807, 2.05) is 21.1 Å². The molecule has 1 aliphatic rings. The summed E-state index contributed by atoms with van der Waals surface area (Å²) < 4.78 is 43.2. The number of unbranched alkanes of at least 4 members (excludes halogenated alkanes) is 28. The van der Waals surface area contributed by atoms with Crippen LogP contribution in [0.1, 0.15) is 226 Å². The first-order valence-electron chi connectivity index (χ1n) is 26.0. The maximum absolute atomic E-state index is 13.4. The zero-order valence-electron chi connectivity index (χ0n) is 41.6. The molecule has 0 saturated carbocycles. The van der Waals surface area contributed by atoms with E-state index in [9.17, 15) is 28.6 Å². The summed E-state index contributed by atoms with van der Waals surface area (Å²) in [5.74, 6) is -1.11. The summed E-state index contributed by atoms with van der Waals surface area (Å²) in [6, 6.07) is 1.13. The fourth-order valence-electron chi connectivity index (χ4n) is 8.30. The minimum atomic E-state index is -4.59. The van der Waals surface area contributed by atoms with Gasteiger partial charge in [-0.2, -0.15) is 0 Å². The number of likely N-dealkylation sites (N-methyl/N-ethyl adjacent to an activating group) is 1. The highest BCUT2D eigenvalue weighted by molar-refractivity contribution is 7.47. The van der Waals surface area contributed by atoms with Gasteiger partial charge >= 0.3 is 25.5 Å². The van der Waals surface area contributed by atoms with E-state index in [0.717, 1.165) is 49.2 Å². The Bertz CT molecular complexity index is 1550. The number of hydrogen-bond acceptors (Lipinski definition) is 10. The third-order valence-corrected chi connectivity index (χ3v) is 13.3. The van der Waals surface area contributed by atoms with Crippen LogP contribution in [0.15, 0.2) is 21.9 Å². The average Bonchev–Trinajstić information content (AvgIpc) is 3.57. The minimum Gasteiger partial charge on any atom is -0.455 e. The molecular weight excluding hydrogens is 850 g/mol. The van der Waals surface area contributed by atoms with Gasteiger partial charge in [-0.3, -0.25) is 33.0 Å². The molecule has 378 valence electrons. The number of quaternary nitrogens is 1. The second-order valence-electron chi connectivity index (χ2n) is 19.5. The lowest BCUT2D eigenvalue weighted by molar-refractivity contribution is -0.870. The van der Waals surface area contributed by atoms with Crippen molar-refractivity contribution < 1.29 is 46.8 Å². The Balaban J connectivity index is 1.97. The predicted molar refractivity (Wildman–Crippen MR) is 259 cm³/mol. The molecule has 0 aromatic carbocycles. The molecule has 0 radical (unpaired) electrons. The molecular formula is C50H93N3O11P+. The summed E-state index contributed by atoms with van der Waals surface area (Å²) in [5.41, 5.74) is -1.46. The number of esters is 2. The van der Waals surface area contributed by atoms with Gasteiger partial charge in [0.05, 0.1) is 27.7 Å². The molecule has 1 saturated heterocycles. The lowest BCUT2D eigenvalue weighted by Gasteiger charge is -2.25. The number of carbonyl (C=O) groups is 2. The van der Waals surface area contributed by atoms with Crippen molar-refractivity contribution in [1.29, 1.82) is 0 Å². The van der Waals surface area contributed by atoms with Crippen LogP contribution in [0.25, 0.3) is 0 Å². The van der Waals surface area contributed by atoms with Crippen molar-refractivity contribution in [2.45, 2.75) is 244 Å². The SMILES string of the molecule is CCCCCCCCCCCCCCCCCC(=O)O[C@@H]1[C@H](OC(=O)CCCCCCCCCCCCCCCCC)[C@@H](COP(=O)(O)OCC[N+](C)(C)C)O[C@H]1n1ccc(=O)[nH]c1=O. The fourth-order valence-corrected chi connectivity index (χ4v) is 9.02. The van der Waals surface area contributed by atoms with Crippen LogP contribution in [0.4, 0.5) is 0 Å². The lowest BCUT2D eigenvalue weighted by Crippen LogP contribution is -2.42. The van der Waals surface area contributed by atoms with Crippen molar-refractivity contribution in [2.24, 2.45) is 0 Å². The predicted octanol–water partition coefficient (Wildman–Crippen LogP) is 11.6. The van der Waals surface area contributed by atoms with Crippen molar-refractivity contribution in [3.05, 3.63) is 33.1 Å². The van der Waals surface area contributed by atoms with Crippen molar-refractivity contribution in [3.8, 4) is 0 Å². The van der Waals surface area contributed by atoms with E-state index >= 15 is 0 Å². The molecule has 0 amide bonds. The highest BCUT2D eigenvalue weighted by atomic mass is 31.2. The Hall–Kier alpha value is -2.35. The number of aromatic amines is 1. The third-order valence-electron chi connectivity index (χ3n) is 12.3. The second kappa shape index (κ2) is 35.7. The normalized spacial score (nSPS) is 18.5. The summed E-state index contributed by atoms with van der Waals surface area (Å²) in [7, 11) is 1.15. The number of phosphoric ester groups is 1. The number of phosphoric acid groups is 1. The van der Waals surface area contributed by atoms with E-state index in [1.54, 1.807) is 0 Å². The van der Waals surface area contributed by atoms with Gasteiger partial charge in [0.1, 0.15) is 19.3 Å². The maximum atomic E-state index is 13.4. The van der Waals surface area contributed by atoms with Crippen molar-refractivity contribution in [3.63, 3.8) is 0 Å². The van der Waals surface area contributed by atoms with Gasteiger partial charge in [-0.1, -0.05) is 194 Å². The van der Waals surface area contributed by atoms with Crippen LogP contribution < -0.4 is 11.2 Å². The van der Waals surface area contributed by atoms with Crippen LogP contribution >= 0.6 is 7.82 Å². The van der Waals surface area contributed by atoms with Gasteiger partial charge in [0.2, 0.25) is 0 Å². The number of carbonyl (C=O) groups excluding carboxylic acids is 2. The van der Waals surface area contributed by atoms with Gasteiger partial charge in [-0.15, -0.1) is 0 Å². The van der Waals surface area contributed by atoms with Gasteiger partial charge < -0.3 is 23.6 Å². The van der Waals surface area contributed by atoms with Crippen LogP contribution in [-0.4, -0.2) is 90.1 Å². The maximum Gasteiger partial charge on any atom is 0.472 e. The summed E-state index contributed by atoms with van der Waals surface area (Å²) in [6.45, 7) is 4.30. The molecule has 0 spiro atoms. The van der Waals surface area contributed by atoms with E-state index in [1.165, 1.54) is 147 Å². The molecule has 1 fully saturated rings. The van der Waals surface area contributed by atoms with Crippen molar-refractivity contribution >= 4 is 19.8 Å². The molecule has 15 heteroatoms. The summed E-state index contributed by atoms with van der Waals surface area (Å²) in [6.07, 6.45) is 32.0. The second-order valence-corrected chi connectivity index (χ2v) is 21.0. The quantitative estimate of drug-likeness (QED) is 0.0276. The first-order valence-corrected chi connectivity index (χ1v) is 27.5. The van der Waals surface area contributed by atoms with Gasteiger partial charge in [-0.05, 0) is 12.8 Å². The van der Waals surface area contributed by atoms with Crippen LogP contribution in [0.3, 0.4) is 0 Å². The van der Waals surface area contributed by atoms with E-state index < -0.39 is 62.2 Å². The number of hydrogen-bond donors (Lipinski definition) is 2. The molecule has 0 aliphatic carbocycles. The molecule has 1 aliphatic heterocycles. The highest BCUT2D eigenvalue weighted by Gasteiger charge is 2.51. The smallest absolute Gasteiger partial charge is 0.455 e. The van der Waals surface area contributed by atoms with E-state index in [2.05, 4.69) is 18.8 Å². The fraction of sp³-hybridized carbons (Fsp3) is 0.880. The molecule has 1 aromatic heterocycles. The third kappa shape index (κ3) is 29.2. The van der Waals surface area contributed by atoms with E-state index in [0.29, 0.717) is 23.9 Å². The topological polar surface area (TPSA) is 172 Å². The highest BCUT2D eigenvalue weighted by Crippen LogP contribution is 2.45. The molecule has 2 N–H and O–H groups in total. The molecule has 0 bridgehead atoms. The lowest BCUT2D eigenvalue weighted by atomic mass is 10.0. The molecule has 14 nitrogen and oxygen atoms in total. The van der Waals surface area contributed by atoms with Gasteiger partial charge in [0, 0.05) is 25.1 Å². The van der Waals surface area contributed by atoms with E-state index in [4.69, 9.17) is 23.3 Å². The largest absolute Gasteiger partial charge is 0.472 e.